The Morgan fingerprint density at radius 2 is 1.78 bits per heavy atom. The largest absolute Gasteiger partial charge is 0.325 e. The Labute approximate surface area is 55.6 Å². The van der Waals surface area contributed by atoms with E-state index in [1.54, 1.807) is 6.08 Å². The Morgan fingerprint density at radius 1 is 1.67 bits per heavy atom. The van der Waals surface area contributed by atoms with Crippen LogP contribution < -0.4 is 0 Å². The third kappa shape index (κ3) is 32.8. The molecule has 0 spiro atoms. The quantitative estimate of drug-likeness (QED) is 0.440. The highest BCUT2D eigenvalue weighted by molar-refractivity contribution is 7.51. The van der Waals surface area contributed by atoms with Gasteiger partial charge in [0.25, 0.3) is 0 Å². The van der Waals surface area contributed by atoms with Gasteiger partial charge in [-0.15, -0.1) is 6.58 Å². The molecule has 0 aliphatic heterocycles. The summed E-state index contributed by atoms with van der Waals surface area (Å²) in [7, 11) is -3.65. The van der Waals surface area contributed by atoms with Gasteiger partial charge >= 0.3 is 7.60 Å². The lowest BCUT2D eigenvalue weighted by Crippen LogP contribution is -1.76. The SMILES string of the molecule is C=CC.CCP(=O)(O)O. The Kier molecular flexibility index (Phi) is 7.79. The van der Waals surface area contributed by atoms with Crippen LogP contribution in [0.25, 0.3) is 0 Å². The summed E-state index contributed by atoms with van der Waals surface area (Å²) in [6.07, 6.45) is 1.69. The van der Waals surface area contributed by atoms with Gasteiger partial charge in [0.05, 0.1) is 0 Å². The van der Waals surface area contributed by atoms with E-state index in [4.69, 9.17) is 9.79 Å². The minimum atomic E-state index is -3.65. The van der Waals surface area contributed by atoms with E-state index in [0.29, 0.717) is 0 Å². The van der Waals surface area contributed by atoms with Gasteiger partial charge in [-0.3, -0.25) is 4.57 Å². The number of hydrogen-bond donors (Lipinski definition) is 2. The van der Waals surface area contributed by atoms with Crippen molar-refractivity contribution in [3.63, 3.8) is 0 Å². The molecule has 0 saturated carbocycles. The van der Waals surface area contributed by atoms with Crippen molar-refractivity contribution in [1.29, 1.82) is 0 Å². The van der Waals surface area contributed by atoms with Gasteiger partial charge in [-0.05, 0) is 6.92 Å². The molecule has 0 atom stereocenters. The predicted octanol–water partition coefficient (Wildman–Crippen LogP) is 1.38. The van der Waals surface area contributed by atoms with E-state index in [9.17, 15) is 4.57 Å². The standard InChI is InChI=1S/C3H6.C2H7O3P/c1-3-2;1-2-6(3,4)5/h3H,1H2,2H3;2H2,1H3,(H2,3,4,5). The van der Waals surface area contributed by atoms with Crippen molar-refractivity contribution in [2.75, 3.05) is 6.16 Å². The summed E-state index contributed by atoms with van der Waals surface area (Å²) < 4.78 is 9.69. The van der Waals surface area contributed by atoms with E-state index >= 15 is 0 Å². The van der Waals surface area contributed by atoms with E-state index in [2.05, 4.69) is 6.58 Å². The number of rotatable bonds is 1. The lowest BCUT2D eigenvalue weighted by molar-refractivity contribution is 0.375. The van der Waals surface area contributed by atoms with E-state index in [0.717, 1.165) is 0 Å². The first-order chi connectivity index (χ1) is 3.97. The molecule has 0 saturated heterocycles. The fourth-order valence-electron chi connectivity index (χ4n) is 0. The van der Waals surface area contributed by atoms with Crippen LogP contribution in [-0.4, -0.2) is 15.9 Å². The highest BCUT2D eigenvalue weighted by Crippen LogP contribution is 2.32. The topological polar surface area (TPSA) is 57.5 Å². The average Bonchev–Trinajstić information content (AvgIpc) is 1.67. The molecule has 2 N–H and O–H groups in total. The number of hydrogen-bond acceptors (Lipinski definition) is 1. The second kappa shape index (κ2) is 6.02. The van der Waals surface area contributed by atoms with Crippen molar-refractivity contribution < 1.29 is 14.4 Å². The lowest BCUT2D eigenvalue weighted by atomic mass is 10.8. The molecular weight excluding hydrogens is 139 g/mol. The molecule has 0 aliphatic rings. The molecule has 0 heterocycles. The zero-order valence-electron chi connectivity index (χ0n) is 5.74. The van der Waals surface area contributed by atoms with Crippen molar-refractivity contribution in [3.05, 3.63) is 12.7 Å². The van der Waals surface area contributed by atoms with Gasteiger partial charge in [-0.2, -0.15) is 0 Å². The van der Waals surface area contributed by atoms with Gasteiger partial charge in [0.1, 0.15) is 0 Å². The summed E-state index contributed by atoms with van der Waals surface area (Å²) in [4.78, 5) is 15.9. The minimum absolute atomic E-state index is 0.0625. The Bertz CT molecular complexity index is 105. The molecule has 0 rings (SSSR count). The van der Waals surface area contributed by atoms with Crippen LogP contribution in [-0.2, 0) is 4.57 Å². The maximum Gasteiger partial charge on any atom is 0.325 e. The van der Waals surface area contributed by atoms with Crippen LogP contribution in [0.15, 0.2) is 12.7 Å². The van der Waals surface area contributed by atoms with Crippen LogP contribution in [0, 0.1) is 0 Å². The highest BCUT2D eigenvalue weighted by atomic mass is 31.2. The first-order valence-electron chi connectivity index (χ1n) is 2.59. The van der Waals surface area contributed by atoms with Gasteiger partial charge in [0.2, 0.25) is 0 Å². The molecule has 0 unspecified atom stereocenters. The van der Waals surface area contributed by atoms with Crippen molar-refractivity contribution in [3.8, 4) is 0 Å². The van der Waals surface area contributed by atoms with Crippen molar-refractivity contribution in [1.82, 2.24) is 0 Å². The van der Waals surface area contributed by atoms with Gasteiger partial charge in [-0.25, -0.2) is 0 Å². The van der Waals surface area contributed by atoms with E-state index in [-0.39, 0.29) is 6.16 Å². The van der Waals surface area contributed by atoms with E-state index in [1.807, 2.05) is 6.92 Å². The minimum Gasteiger partial charge on any atom is -0.324 e. The van der Waals surface area contributed by atoms with Crippen LogP contribution >= 0.6 is 7.60 Å². The molecular formula is C5H13O3P. The molecule has 0 aromatic carbocycles. The van der Waals surface area contributed by atoms with Crippen LogP contribution in [0.1, 0.15) is 13.8 Å². The molecule has 4 heteroatoms. The van der Waals surface area contributed by atoms with Crippen LogP contribution in [0.5, 0.6) is 0 Å². The van der Waals surface area contributed by atoms with Crippen molar-refractivity contribution in [2.45, 2.75) is 13.8 Å². The number of allylic oxidation sites excluding steroid dienone is 1. The monoisotopic (exact) mass is 152 g/mol. The molecule has 9 heavy (non-hydrogen) atoms. The first-order valence-corrected chi connectivity index (χ1v) is 4.39. The Hall–Kier alpha value is -0.110. The van der Waals surface area contributed by atoms with Gasteiger partial charge in [0.15, 0.2) is 0 Å². The first kappa shape index (κ1) is 11.7. The molecule has 0 aromatic rings. The smallest absolute Gasteiger partial charge is 0.324 e. The Morgan fingerprint density at radius 3 is 1.78 bits per heavy atom. The normalized spacial score (nSPS) is 9.33. The molecule has 0 amide bonds. The van der Waals surface area contributed by atoms with Gasteiger partial charge < -0.3 is 9.79 Å². The van der Waals surface area contributed by atoms with E-state index < -0.39 is 7.60 Å². The molecule has 0 aliphatic carbocycles. The maximum absolute atomic E-state index is 9.69. The summed E-state index contributed by atoms with van der Waals surface area (Å²) in [6, 6.07) is 0. The molecule has 0 aromatic heterocycles. The molecule has 0 fully saturated rings. The van der Waals surface area contributed by atoms with Crippen LogP contribution in [0.2, 0.25) is 0 Å². The second-order valence-corrected chi connectivity index (χ2v) is 3.35. The van der Waals surface area contributed by atoms with Crippen molar-refractivity contribution >= 4 is 7.60 Å². The van der Waals surface area contributed by atoms with Crippen LogP contribution in [0.4, 0.5) is 0 Å². The third-order valence-electron chi connectivity index (χ3n) is 0.412. The summed E-state index contributed by atoms with van der Waals surface area (Å²) in [5, 5.41) is 0. The predicted molar refractivity (Wildman–Crippen MR) is 38.5 cm³/mol. The maximum atomic E-state index is 9.69. The third-order valence-corrected chi connectivity index (χ3v) is 1.24. The summed E-state index contributed by atoms with van der Waals surface area (Å²) in [6.45, 7) is 6.70. The molecule has 56 valence electrons. The fourth-order valence-corrected chi connectivity index (χ4v) is 0. The van der Waals surface area contributed by atoms with E-state index in [1.165, 1.54) is 6.92 Å². The molecule has 3 nitrogen and oxygen atoms in total. The fraction of sp³-hybridized carbons (Fsp3) is 0.600. The zero-order chi connectivity index (χ0) is 7.91. The summed E-state index contributed by atoms with van der Waals surface area (Å²) >= 11 is 0. The zero-order valence-corrected chi connectivity index (χ0v) is 6.64. The highest BCUT2D eigenvalue weighted by Gasteiger charge is 2.05. The van der Waals surface area contributed by atoms with Crippen molar-refractivity contribution in [2.24, 2.45) is 0 Å². The molecule has 0 bridgehead atoms. The summed E-state index contributed by atoms with van der Waals surface area (Å²) in [5.74, 6) is 0. The lowest BCUT2D eigenvalue weighted by Gasteiger charge is -1.92. The van der Waals surface area contributed by atoms with Crippen LogP contribution in [0.3, 0.4) is 0 Å². The second-order valence-electron chi connectivity index (χ2n) is 1.39. The molecule has 0 radical (unpaired) electrons. The Balaban J connectivity index is 0. The summed E-state index contributed by atoms with van der Waals surface area (Å²) in [5.41, 5.74) is 0. The average molecular weight is 152 g/mol. The van der Waals surface area contributed by atoms with Gasteiger partial charge in [-0.1, -0.05) is 13.0 Å². The van der Waals surface area contributed by atoms with Gasteiger partial charge in [0, 0.05) is 6.16 Å².